The van der Waals surface area contributed by atoms with Gasteiger partial charge in [-0.2, -0.15) is 0 Å². The Morgan fingerprint density at radius 3 is 2.83 bits per heavy atom. The van der Waals surface area contributed by atoms with Crippen molar-refractivity contribution in [1.82, 2.24) is 9.88 Å². The number of pyridine rings is 1. The van der Waals surface area contributed by atoms with Crippen LogP contribution in [0.3, 0.4) is 0 Å². The van der Waals surface area contributed by atoms with Gasteiger partial charge in [0.15, 0.2) is 0 Å². The van der Waals surface area contributed by atoms with Gasteiger partial charge in [0.05, 0.1) is 17.8 Å². The van der Waals surface area contributed by atoms with E-state index in [-0.39, 0.29) is 11.9 Å². The largest absolute Gasteiger partial charge is 0.467 e. The zero-order valence-electron chi connectivity index (χ0n) is 13.5. The number of nitrogens with zero attached hydrogens (tertiary/aromatic N) is 2. The van der Waals surface area contributed by atoms with Gasteiger partial charge in [-0.25, -0.2) is 4.98 Å². The minimum absolute atomic E-state index is 0.00303. The van der Waals surface area contributed by atoms with E-state index in [9.17, 15) is 4.79 Å². The molecule has 122 valence electrons. The highest BCUT2D eigenvalue weighted by atomic mass is 16.3. The summed E-state index contributed by atoms with van der Waals surface area (Å²) >= 11 is 0. The molecule has 4 nitrogen and oxygen atoms in total. The van der Waals surface area contributed by atoms with Crippen molar-refractivity contribution in [3.8, 4) is 0 Å². The van der Waals surface area contributed by atoms with Gasteiger partial charge in [-0.05, 0) is 37.1 Å². The molecule has 4 rings (SSSR count). The second-order valence-electron chi connectivity index (χ2n) is 6.27. The highest BCUT2D eigenvalue weighted by Gasteiger charge is 2.29. The minimum Gasteiger partial charge on any atom is -0.467 e. The first-order valence-electron chi connectivity index (χ1n) is 8.53. The van der Waals surface area contributed by atoms with Crippen molar-refractivity contribution < 1.29 is 9.21 Å². The molecule has 4 heteroatoms. The summed E-state index contributed by atoms with van der Waals surface area (Å²) in [6, 6.07) is 15.5. The summed E-state index contributed by atoms with van der Waals surface area (Å²) in [6.07, 6.45) is 5.90. The second-order valence-corrected chi connectivity index (χ2v) is 6.27. The standard InChI is InChI=1S/C20H20N2O2/c23-20(17-12-11-15-7-3-4-8-16(15)21-17)22-13-5-1-2-9-18(22)19-10-6-14-24-19/h3-4,6-8,10-12,14,18H,1-2,5,9,13H2. The number of carbonyl (C=O) groups is 1. The molecule has 0 spiro atoms. The minimum atomic E-state index is -0.0101. The quantitative estimate of drug-likeness (QED) is 0.694. The molecule has 3 aromatic rings. The van der Waals surface area contributed by atoms with Crippen LogP contribution in [-0.4, -0.2) is 22.3 Å². The Morgan fingerprint density at radius 1 is 1.04 bits per heavy atom. The first-order valence-corrected chi connectivity index (χ1v) is 8.53. The molecule has 1 aliphatic heterocycles. The van der Waals surface area contributed by atoms with E-state index in [1.165, 1.54) is 0 Å². The van der Waals surface area contributed by atoms with Gasteiger partial charge in [0.1, 0.15) is 11.5 Å². The monoisotopic (exact) mass is 320 g/mol. The number of hydrogen-bond acceptors (Lipinski definition) is 3. The molecular formula is C20H20N2O2. The normalized spacial score (nSPS) is 18.5. The summed E-state index contributed by atoms with van der Waals surface area (Å²) in [5.74, 6) is 0.857. The summed E-state index contributed by atoms with van der Waals surface area (Å²) in [4.78, 5) is 19.6. The summed E-state index contributed by atoms with van der Waals surface area (Å²) in [5.41, 5.74) is 1.36. The van der Waals surface area contributed by atoms with Crippen molar-refractivity contribution in [2.75, 3.05) is 6.54 Å². The number of likely N-dealkylation sites (tertiary alicyclic amines) is 1. The van der Waals surface area contributed by atoms with Crippen molar-refractivity contribution in [1.29, 1.82) is 0 Å². The Morgan fingerprint density at radius 2 is 1.96 bits per heavy atom. The van der Waals surface area contributed by atoms with Crippen LogP contribution in [0.2, 0.25) is 0 Å². The van der Waals surface area contributed by atoms with Crippen LogP contribution in [0.1, 0.15) is 48.0 Å². The third-order valence-corrected chi connectivity index (χ3v) is 4.70. The number of amides is 1. The third-order valence-electron chi connectivity index (χ3n) is 4.70. The SMILES string of the molecule is O=C(c1ccc2ccccc2n1)N1CCCCCC1c1ccco1. The molecule has 24 heavy (non-hydrogen) atoms. The fourth-order valence-electron chi connectivity index (χ4n) is 3.46. The highest BCUT2D eigenvalue weighted by Crippen LogP contribution is 2.31. The number of benzene rings is 1. The summed E-state index contributed by atoms with van der Waals surface area (Å²) in [6.45, 7) is 0.749. The number of hydrogen-bond donors (Lipinski definition) is 0. The van der Waals surface area contributed by atoms with E-state index in [0.29, 0.717) is 5.69 Å². The van der Waals surface area contributed by atoms with E-state index >= 15 is 0 Å². The maximum atomic E-state index is 13.1. The van der Waals surface area contributed by atoms with Crippen molar-refractivity contribution in [2.45, 2.75) is 31.7 Å². The van der Waals surface area contributed by atoms with Crippen molar-refractivity contribution >= 4 is 16.8 Å². The molecule has 3 heterocycles. The van der Waals surface area contributed by atoms with Crippen molar-refractivity contribution in [3.63, 3.8) is 0 Å². The first-order chi connectivity index (χ1) is 11.8. The molecule has 1 unspecified atom stereocenters. The summed E-state index contributed by atoms with van der Waals surface area (Å²) < 4.78 is 5.60. The van der Waals surface area contributed by atoms with Crippen LogP contribution in [0.25, 0.3) is 10.9 Å². The lowest BCUT2D eigenvalue weighted by Crippen LogP contribution is -2.35. The van der Waals surface area contributed by atoms with Crippen LogP contribution in [-0.2, 0) is 0 Å². The predicted molar refractivity (Wildman–Crippen MR) is 92.7 cm³/mol. The van der Waals surface area contributed by atoms with Gasteiger partial charge in [0.25, 0.3) is 5.91 Å². The Balaban J connectivity index is 1.69. The molecule has 1 fully saturated rings. The lowest BCUT2D eigenvalue weighted by atomic mass is 10.1. The van der Waals surface area contributed by atoms with Crippen LogP contribution >= 0.6 is 0 Å². The molecule has 0 N–H and O–H groups in total. The Bertz CT molecular complexity index is 842. The Kier molecular flexibility index (Phi) is 4.03. The number of para-hydroxylation sites is 1. The molecule has 0 saturated carbocycles. The van der Waals surface area contributed by atoms with Gasteiger partial charge in [-0.1, -0.05) is 37.1 Å². The number of furan rings is 1. The lowest BCUT2D eigenvalue weighted by molar-refractivity contribution is 0.0653. The van der Waals surface area contributed by atoms with Gasteiger partial charge in [0.2, 0.25) is 0 Å². The number of fused-ring (bicyclic) bond motifs is 1. The maximum Gasteiger partial charge on any atom is 0.273 e. The van der Waals surface area contributed by atoms with Crippen LogP contribution in [0.5, 0.6) is 0 Å². The van der Waals surface area contributed by atoms with Crippen molar-refractivity contribution in [2.24, 2.45) is 0 Å². The third kappa shape index (κ3) is 2.80. The highest BCUT2D eigenvalue weighted by molar-refractivity contribution is 5.95. The summed E-state index contributed by atoms with van der Waals surface area (Å²) in [7, 11) is 0. The molecule has 1 atom stereocenters. The van der Waals surface area contributed by atoms with Gasteiger partial charge in [0, 0.05) is 11.9 Å². The van der Waals surface area contributed by atoms with E-state index < -0.39 is 0 Å². The molecule has 0 radical (unpaired) electrons. The number of carbonyl (C=O) groups excluding carboxylic acids is 1. The zero-order valence-corrected chi connectivity index (χ0v) is 13.5. The molecule has 1 saturated heterocycles. The molecule has 2 aromatic heterocycles. The summed E-state index contributed by atoms with van der Waals surface area (Å²) in [5, 5.41) is 1.05. The first kappa shape index (κ1) is 14.9. The van der Waals surface area contributed by atoms with E-state index in [1.807, 2.05) is 53.4 Å². The Hall–Kier alpha value is -2.62. The lowest BCUT2D eigenvalue weighted by Gasteiger charge is -2.28. The van der Waals surface area contributed by atoms with Gasteiger partial charge in [-0.3, -0.25) is 4.79 Å². The van der Waals surface area contributed by atoms with Crippen LogP contribution < -0.4 is 0 Å². The van der Waals surface area contributed by atoms with Crippen LogP contribution in [0, 0.1) is 0 Å². The fraction of sp³-hybridized carbons (Fsp3) is 0.300. The fourth-order valence-corrected chi connectivity index (χ4v) is 3.46. The predicted octanol–water partition coefficient (Wildman–Crippen LogP) is 4.59. The molecule has 1 aliphatic rings. The Labute approximate surface area is 141 Å². The topological polar surface area (TPSA) is 46.3 Å². The zero-order chi connectivity index (χ0) is 16.4. The maximum absolute atomic E-state index is 13.1. The van der Waals surface area contributed by atoms with Gasteiger partial charge < -0.3 is 9.32 Å². The van der Waals surface area contributed by atoms with Crippen LogP contribution in [0.15, 0.2) is 59.2 Å². The average molecular weight is 320 g/mol. The molecule has 0 aliphatic carbocycles. The second kappa shape index (κ2) is 6.48. The molecule has 1 aromatic carbocycles. The van der Waals surface area contributed by atoms with E-state index in [0.717, 1.165) is 48.9 Å². The van der Waals surface area contributed by atoms with Crippen molar-refractivity contribution in [3.05, 3.63) is 66.2 Å². The molecule has 0 bridgehead atoms. The average Bonchev–Trinajstić information content (AvgIpc) is 3.05. The number of rotatable bonds is 2. The molecule has 1 amide bonds. The van der Waals surface area contributed by atoms with Gasteiger partial charge in [-0.15, -0.1) is 0 Å². The number of aromatic nitrogens is 1. The smallest absolute Gasteiger partial charge is 0.273 e. The molecular weight excluding hydrogens is 300 g/mol. The van der Waals surface area contributed by atoms with E-state index in [2.05, 4.69) is 4.98 Å². The van der Waals surface area contributed by atoms with Crippen LogP contribution in [0.4, 0.5) is 0 Å². The van der Waals surface area contributed by atoms with E-state index in [4.69, 9.17) is 4.42 Å². The van der Waals surface area contributed by atoms with Gasteiger partial charge >= 0.3 is 0 Å². The van der Waals surface area contributed by atoms with E-state index in [1.54, 1.807) is 6.26 Å².